The van der Waals surface area contributed by atoms with Crippen molar-refractivity contribution in [2.24, 2.45) is 5.10 Å². The molecule has 0 radical (unpaired) electrons. The number of benzene rings is 3. The van der Waals surface area contributed by atoms with Gasteiger partial charge in [-0.15, -0.1) is 0 Å². The predicted molar refractivity (Wildman–Crippen MR) is 134 cm³/mol. The standard InChI is InChI=1S/C26H26N4O2S/c1-18-8-10-20(11-9-18)16-30-24-7-5-4-6-23(24)27-26(30)33-17-25(31)29-28-19(2)21-12-14-22(32-3)15-13-21/h4-15H,16-17H2,1-3H3,(H,29,31)/b28-19+. The van der Waals surface area contributed by atoms with Crippen molar-refractivity contribution in [2.75, 3.05) is 12.9 Å². The Morgan fingerprint density at radius 3 is 2.52 bits per heavy atom. The number of nitrogens with one attached hydrogen (secondary N) is 1. The number of para-hydroxylation sites is 2. The van der Waals surface area contributed by atoms with E-state index >= 15 is 0 Å². The molecular formula is C26H26N4O2S. The van der Waals surface area contributed by atoms with Crippen LogP contribution in [0.3, 0.4) is 0 Å². The van der Waals surface area contributed by atoms with Crippen LogP contribution in [0.15, 0.2) is 83.1 Å². The number of hydrazone groups is 1. The SMILES string of the molecule is COc1ccc(/C(C)=N/NC(=O)CSc2nc3ccccc3n2Cc2ccc(C)cc2)cc1. The molecule has 1 N–H and O–H groups in total. The van der Waals surface area contributed by atoms with Crippen LogP contribution in [-0.2, 0) is 11.3 Å². The van der Waals surface area contributed by atoms with Gasteiger partial charge in [-0.3, -0.25) is 4.79 Å². The molecule has 0 saturated heterocycles. The molecule has 0 saturated carbocycles. The Morgan fingerprint density at radius 1 is 1.06 bits per heavy atom. The van der Waals surface area contributed by atoms with Gasteiger partial charge in [0.2, 0.25) is 0 Å². The van der Waals surface area contributed by atoms with E-state index in [1.54, 1.807) is 7.11 Å². The number of carbonyl (C=O) groups excluding carboxylic acids is 1. The number of carbonyl (C=O) groups is 1. The fraction of sp³-hybridized carbons (Fsp3) is 0.192. The van der Waals surface area contributed by atoms with Crippen LogP contribution < -0.4 is 10.2 Å². The van der Waals surface area contributed by atoms with Gasteiger partial charge in [0.05, 0.1) is 36.2 Å². The molecule has 0 aliphatic rings. The van der Waals surface area contributed by atoms with Gasteiger partial charge in [-0.1, -0.05) is 53.7 Å². The van der Waals surface area contributed by atoms with Crippen molar-refractivity contribution < 1.29 is 9.53 Å². The molecule has 0 bridgehead atoms. The minimum atomic E-state index is -0.179. The Kier molecular flexibility index (Phi) is 7.10. The number of imidazole rings is 1. The number of hydrogen-bond acceptors (Lipinski definition) is 5. The number of rotatable bonds is 8. The van der Waals surface area contributed by atoms with E-state index < -0.39 is 0 Å². The summed E-state index contributed by atoms with van der Waals surface area (Å²) in [6.45, 7) is 4.63. The second-order valence-electron chi connectivity index (χ2n) is 7.70. The highest BCUT2D eigenvalue weighted by atomic mass is 32.2. The predicted octanol–water partition coefficient (Wildman–Crippen LogP) is 5.03. The number of hydrogen-bond donors (Lipinski definition) is 1. The summed E-state index contributed by atoms with van der Waals surface area (Å²) in [5.41, 5.74) is 8.68. The van der Waals surface area contributed by atoms with E-state index in [0.29, 0.717) is 6.54 Å². The highest BCUT2D eigenvalue weighted by Crippen LogP contribution is 2.25. The van der Waals surface area contributed by atoms with Crippen molar-refractivity contribution in [3.8, 4) is 5.75 Å². The number of amides is 1. The summed E-state index contributed by atoms with van der Waals surface area (Å²) in [5, 5.41) is 5.05. The first-order valence-electron chi connectivity index (χ1n) is 10.6. The van der Waals surface area contributed by atoms with Gasteiger partial charge in [0.25, 0.3) is 5.91 Å². The highest BCUT2D eigenvalue weighted by molar-refractivity contribution is 7.99. The first kappa shape index (κ1) is 22.6. The molecule has 1 amide bonds. The lowest BCUT2D eigenvalue weighted by Crippen LogP contribution is -2.21. The van der Waals surface area contributed by atoms with Crippen LogP contribution in [0.1, 0.15) is 23.6 Å². The highest BCUT2D eigenvalue weighted by Gasteiger charge is 2.13. The zero-order chi connectivity index (χ0) is 23.2. The molecule has 1 aromatic heterocycles. The number of fused-ring (bicyclic) bond motifs is 1. The fourth-order valence-corrected chi connectivity index (χ4v) is 4.20. The summed E-state index contributed by atoms with van der Waals surface area (Å²) in [5.74, 6) is 0.818. The smallest absolute Gasteiger partial charge is 0.250 e. The first-order chi connectivity index (χ1) is 16.0. The number of aryl methyl sites for hydroxylation is 1. The Morgan fingerprint density at radius 2 is 1.79 bits per heavy atom. The van der Waals surface area contributed by atoms with Crippen molar-refractivity contribution in [1.82, 2.24) is 15.0 Å². The molecule has 33 heavy (non-hydrogen) atoms. The van der Waals surface area contributed by atoms with E-state index in [9.17, 15) is 4.79 Å². The van der Waals surface area contributed by atoms with E-state index in [4.69, 9.17) is 9.72 Å². The quantitative estimate of drug-likeness (QED) is 0.228. The Labute approximate surface area is 197 Å². The van der Waals surface area contributed by atoms with Gasteiger partial charge >= 0.3 is 0 Å². The van der Waals surface area contributed by atoms with Gasteiger partial charge in [-0.05, 0) is 61.4 Å². The van der Waals surface area contributed by atoms with Gasteiger partial charge in [-0.25, -0.2) is 10.4 Å². The monoisotopic (exact) mass is 458 g/mol. The maximum Gasteiger partial charge on any atom is 0.250 e. The van der Waals surface area contributed by atoms with E-state index in [1.165, 1.54) is 22.9 Å². The van der Waals surface area contributed by atoms with Crippen LogP contribution in [0.5, 0.6) is 5.75 Å². The van der Waals surface area contributed by atoms with Gasteiger partial charge in [0.15, 0.2) is 5.16 Å². The van der Waals surface area contributed by atoms with Crippen LogP contribution in [0.25, 0.3) is 11.0 Å². The molecule has 0 unspecified atom stereocenters. The second-order valence-corrected chi connectivity index (χ2v) is 8.65. The summed E-state index contributed by atoms with van der Waals surface area (Å²) in [7, 11) is 1.63. The molecule has 0 fully saturated rings. The number of ether oxygens (including phenoxy) is 1. The van der Waals surface area contributed by atoms with E-state index in [0.717, 1.165) is 33.2 Å². The molecule has 4 aromatic rings. The van der Waals surface area contributed by atoms with Crippen LogP contribution in [-0.4, -0.2) is 34.0 Å². The van der Waals surface area contributed by atoms with E-state index in [-0.39, 0.29) is 11.7 Å². The zero-order valence-electron chi connectivity index (χ0n) is 18.9. The molecular weight excluding hydrogens is 432 g/mol. The van der Waals surface area contributed by atoms with E-state index in [2.05, 4.69) is 52.3 Å². The maximum absolute atomic E-state index is 12.5. The molecule has 1 heterocycles. The molecule has 3 aromatic carbocycles. The average molecular weight is 459 g/mol. The summed E-state index contributed by atoms with van der Waals surface area (Å²) in [4.78, 5) is 17.2. The summed E-state index contributed by atoms with van der Waals surface area (Å²) in [6, 6.07) is 24.1. The van der Waals surface area contributed by atoms with E-state index in [1.807, 2.05) is 49.4 Å². The third kappa shape index (κ3) is 5.62. The maximum atomic E-state index is 12.5. The summed E-state index contributed by atoms with van der Waals surface area (Å²) < 4.78 is 7.33. The normalized spacial score (nSPS) is 11.5. The number of aromatic nitrogens is 2. The lowest BCUT2D eigenvalue weighted by Gasteiger charge is -2.09. The largest absolute Gasteiger partial charge is 0.497 e. The summed E-state index contributed by atoms with van der Waals surface area (Å²) >= 11 is 1.41. The zero-order valence-corrected chi connectivity index (χ0v) is 19.7. The minimum Gasteiger partial charge on any atom is -0.497 e. The fourth-order valence-electron chi connectivity index (χ4n) is 3.40. The van der Waals surface area contributed by atoms with Crippen molar-refractivity contribution in [2.45, 2.75) is 25.5 Å². The molecule has 0 aliphatic heterocycles. The van der Waals surface area contributed by atoms with Crippen molar-refractivity contribution >= 4 is 34.4 Å². The van der Waals surface area contributed by atoms with Gasteiger partial charge in [0.1, 0.15) is 5.75 Å². The molecule has 0 atom stereocenters. The molecule has 0 spiro atoms. The van der Waals surface area contributed by atoms with Crippen LogP contribution in [0.2, 0.25) is 0 Å². The Balaban J connectivity index is 1.44. The molecule has 4 rings (SSSR count). The third-order valence-corrected chi connectivity index (χ3v) is 6.25. The van der Waals surface area contributed by atoms with Crippen molar-refractivity contribution in [1.29, 1.82) is 0 Å². The summed E-state index contributed by atoms with van der Waals surface area (Å²) in [6.07, 6.45) is 0. The van der Waals surface area contributed by atoms with Crippen LogP contribution >= 0.6 is 11.8 Å². The molecule has 0 aliphatic carbocycles. The molecule has 7 heteroatoms. The lowest BCUT2D eigenvalue weighted by molar-refractivity contribution is -0.118. The lowest BCUT2D eigenvalue weighted by atomic mass is 10.1. The molecule has 6 nitrogen and oxygen atoms in total. The average Bonchev–Trinajstić information content (AvgIpc) is 3.20. The van der Waals surface area contributed by atoms with Gasteiger partial charge in [0, 0.05) is 0 Å². The van der Waals surface area contributed by atoms with Crippen molar-refractivity contribution in [3.05, 3.63) is 89.5 Å². The Hall–Kier alpha value is -3.58. The topological polar surface area (TPSA) is 68.5 Å². The first-order valence-corrected chi connectivity index (χ1v) is 11.6. The minimum absolute atomic E-state index is 0.179. The van der Waals surface area contributed by atoms with Gasteiger partial charge in [-0.2, -0.15) is 5.10 Å². The number of thioether (sulfide) groups is 1. The molecule has 168 valence electrons. The number of methoxy groups -OCH3 is 1. The van der Waals surface area contributed by atoms with Crippen LogP contribution in [0.4, 0.5) is 0 Å². The van der Waals surface area contributed by atoms with Crippen LogP contribution in [0, 0.1) is 6.92 Å². The third-order valence-electron chi connectivity index (χ3n) is 5.27. The number of nitrogens with zero attached hydrogens (tertiary/aromatic N) is 3. The van der Waals surface area contributed by atoms with Gasteiger partial charge < -0.3 is 9.30 Å². The van der Waals surface area contributed by atoms with Crippen molar-refractivity contribution in [3.63, 3.8) is 0 Å². The second kappa shape index (κ2) is 10.4. The Bertz CT molecular complexity index is 1280.